The number of hydrogen-bond donors (Lipinski definition) is 1. The second kappa shape index (κ2) is 3.74. The molecule has 1 aliphatic heterocycles. The van der Waals surface area contributed by atoms with E-state index >= 15 is 0 Å². The Kier molecular flexibility index (Phi) is 2.66. The zero-order chi connectivity index (χ0) is 11.8. The number of nitrogens with zero attached hydrogens (tertiary/aromatic N) is 1. The average Bonchev–Trinajstić information content (AvgIpc) is 2.36. The minimum atomic E-state index is -0.140. The van der Waals surface area contributed by atoms with E-state index in [0.717, 1.165) is 12.1 Å². The third-order valence-corrected chi connectivity index (χ3v) is 3.08. The van der Waals surface area contributed by atoms with Crippen molar-refractivity contribution in [2.24, 2.45) is 0 Å². The molecule has 0 amide bonds. The van der Waals surface area contributed by atoms with Crippen LogP contribution >= 0.6 is 0 Å². The third-order valence-electron chi connectivity index (χ3n) is 3.08. The summed E-state index contributed by atoms with van der Waals surface area (Å²) < 4.78 is 6.04. The van der Waals surface area contributed by atoms with Gasteiger partial charge in [-0.3, -0.25) is 4.98 Å². The monoisotopic (exact) mass is 220 g/mol. The van der Waals surface area contributed by atoms with Crippen LogP contribution in [0.3, 0.4) is 0 Å². The molecule has 1 aromatic heterocycles. The number of pyridine rings is 1. The standard InChI is InChI=1S/C13H20N2O/c1-12(2)8-11(13(3,4)16-12)15-10-6-5-7-14-9-10/h5-7,9,11,15H,8H2,1-4H3. The Bertz CT molecular complexity index is 359. The van der Waals surface area contributed by atoms with Crippen LogP contribution in [0.25, 0.3) is 0 Å². The summed E-state index contributed by atoms with van der Waals surface area (Å²) in [5, 5.41) is 3.50. The van der Waals surface area contributed by atoms with E-state index in [-0.39, 0.29) is 11.2 Å². The van der Waals surface area contributed by atoms with Crippen LogP contribution in [-0.4, -0.2) is 22.2 Å². The van der Waals surface area contributed by atoms with E-state index in [0.29, 0.717) is 6.04 Å². The van der Waals surface area contributed by atoms with Crippen LogP contribution < -0.4 is 5.32 Å². The Labute approximate surface area is 97.2 Å². The molecule has 0 radical (unpaired) electrons. The third kappa shape index (κ3) is 2.35. The molecular weight excluding hydrogens is 200 g/mol. The fraction of sp³-hybridized carbons (Fsp3) is 0.615. The van der Waals surface area contributed by atoms with Gasteiger partial charge in [0.15, 0.2) is 0 Å². The first-order chi connectivity index (χ1) is 7.39. The Morgan fingerprint density at radius 2 is 2.12 bits per heavy atom. The first kappa shape index (κ1) is 11.4. The van der Waals surface area contributed by atoms with Gasteiger partial charge in [-0.15, -0.1) is 0 Å². The fourth-order valence-electron chi connectivity index (χ4n) is 2.44. The fourth-order valence-corrected chi connectivity index (χ4v) is 2.44. The lowest BCUT2D eigenvalue weighted by Gasteiger charge is -2.28. The van der Waals surface area contributed by atoms with Gasteiger partial charge in [0.05, 0.1) is 22.9 Å². The van der Waals surface area contributed by atoms with Gasteiger partial charge >= 0.3 is 0 Å². The molecule has 1 fully saturated rings. The molecule has 1 N–H and O–H groups in total. The molecule has 1 saturated heterocycles. The molecule has 2 rings (SSSR count). The Morgan fingerprint density at radius 3 is 2.62 bits per heavy atom. The van der Waals surface area contributed by atoms with Crippen molar-refractivity contribution in [2.45, 2.75) is 51.4 Å². The second-order valence-electron chi connectivity index (χ2n) is 5.61. The summed E-state index contributed by atoms with van der Waals surface area (Å²) in [5.74, 6) is 0. The zero-order valence-electron chi connectivity index (χ0n) is 10.4. The summed E-state index contributed by atoms with van der Waals surface area (Å²) in [4.78, 5) is 4.11. The minimum absolute atomic E-state index is 0.0522. The Balaban J connectivity index is 2.11. The number of nitrogens with one attached hydrogen (secondary N) is 1. The topological polar surface area (TPSA) is 34.2 Å². The molecule has 0 spiro atoms. The minimum Gasteiger partial charge on any atom is -0.378 e. The van der Waals surface area contributed by atoms with E-state index in [2.05, 4.69) is 38.0 Å². The summed E-state index contributed by atoms with van der Waals surface area (Å²) in [6.45, 7) is 8.55. The Hall–Kier alpha value is -1.09. The molecule has 16 heavy (non-hydrogen) atoms. The molecule has 0 aromatic carbocycles. The quantitative estimate of drug-likeness (QED) is 0.832. The van der Waals surface area contributed by atoms with Crippen molar-refractivity contribution in [3.05, 3.63) is 24.5 Å². The van der Waals surface area contributed by atoms with Gasteiger partial charge in [-0.05, 0) is 46.2 Å². The van der Waals surface area contributed by atoms with Gasteiger partial charge in [-0.1, -0.05) is 0 Å². The van der Waals surface area contributed by atoms with Crippen LogP contribution in [0.4, 0.5) is 5.69 Å². The lowest BCUT2D eigenvalue weighted by molar-refractivity contribution is -0.0662. The molecule has 1 atom stereocenters. The SMILES string of the molecule is CC1(C)CC(Nc2cccnc2)C(C)(C)O1. The van der Waals surface area contributed by atoms with Crippen LogP contribution in [0.5, 0.6) is 0 Å². The van der Waals surface area contributed by atoms with Crippen LogP contribution in [0, 0.1) is 0 Å². The highest BCUT2D eigenvalue weighted by Gasteiger charge is 2.45. The molecule has 1 aliphatic rings. The molecule has 3 nitrogen and oxygen atoms in total. The second-order valence-corrected chi connectivity index (χ2v) is 5.61. The molecule has 3 heteroatoms. The molecular formula is C13H20N2O. The highest BCUT2D eigenvalue weighted by Crippen LogP contribution is 2.38. The summed E-state index contributed by atoms with van der Waals surface area (Å²) >= 11 is 0. The Morgan fingerprint density at radius 1 is 1.38 bits per heavy atom. The average molecular weight is 220 g/mol. The van der Waals surface area contributed by atoms with Gasteiger partial charge in [-0.25, -0.2) is 0 Å². The largest absolute Gasteiger partial charge is 0.378 e. The molecule has 0 bridgehead atoms. The smallest absolute Gasteiger partial charge is 0.0834 e. The van der Waals surface area contributed by atoms with E-state index in [9.17, 15) is 0 Å². The zero-order valence-corrected chi connectivity index (χ0v) is 10.4. The lowest BCUT2D eigenvalue weighted by atomic mass is 9.94. The van der Waals surface area contributed by atoms with Gasteiger partial charge in [0.2, 0.25) is 0 Å². The van der Waals surface area contributed by atoms with Gasteiger partial charge in [0, 0.05) is 12.4 Å². The molecule has 0 saturated carbocycles. The predicted octanol–water partition coefficient (Wildman–Crippen LogP) is 2.84. The molecule has 0 aliphatic carbocycles. The number of rotatable bonds is 2. The highest BCUT2D eigenvalue weighted by molar-refractivity contribution is 5.42. The molecule has 2 heterocycles. The summed E-state index contributed by atoms with van der Waals surface area (Å²) in [6.07, 6.45) is 4.64. The molecule has 1 unspecified atom stereocenters. The van der Waals surface area contributed by atoms with Crippen LogP contribution in [0.15, 0.2) is 24.5 Å². The van der Waals surface area contributed by atoms with Gasteiger partial charge in [0.25, 0.3) is 0 Å². The van der Waals surface area contributed by atoms with E-state index in [1.807, 2.05) is 18.3 Å². The van der Waals surface area contributed by atoms with Crippen molar-refractivity contribution in [1.82, 2.24) is 4.98 Å². The van der Waals surface area contributed by atoms with Crippen molar-refractivity contribution in [3.63, 3.8) is 0 Å². The van der Waals surface area contributed by atoms with Gasteiger partial charge in [-0.2, -0.15) is 0 Å². The van der Waals surface area contributed by atoms with E-state index < -0.39 is 0 Å². The van der Waals surface area contributed by atoms with E-state index in [4.69, 9.17) is 4.74 Å². The number of hydrogen-bond acceptors (Lipinski definition) is 3. The van der Waals surface area contributed by atoms with Crippen molar-refractivity contribution in [1.29, 1.82) is 0 Å². The number of aromatic nitrogens is 1. The van der Waals surface area contributed by atoms with Crippen molar-refractivity contribution < 1.29 is 4.74 Å². The van der Waals surface area contributed by atoms with E-state index in [1.54, 1.807) is 6.20 Å². The first-order valence-electron chi connectivity index (χ1n) is 5.76. The number of ether oxygens (including phenoxy) is 1. The van der Waals surface area contributed by atoms with Crippen LogP contribution in [-0.2, 0) is 4.74 Å². The summed E-state index contributed by atoms with van der Waals surface area (Å²) in [6, 6.07) is 4.30. The molecule has 1 aromatic rings. The lowest BCUT2D eigenvalue weighted by Crippen LogP contribution is -2.38. The maximum Gasteiger partial charge on any atom is 0.0834 e. The number of anilines is 1. The van der Waals surface area contributed by atoms with Crippen molar-refractivity contribution in [2.75, 3.05) is 5.32 Å². The highest BCUT2D eigenvalue weighted by atomic mass is 16.5. The van der Waals surface area contributed by atoms with Crippen LogP contribution in [0.1, 0.15) is 34.1 Å². The predicted molar refractivity (Wildman–Crippen MR) is 65.5 cm³/mol. The van der Waals surface area contributed by atoms with Crippen molar-refractivity contribution >= 4 is 5.69 Å². The summed E-state index contributed by atoms with van der Waals surface area (Å²) in [7, 11) is 0. The van der Waals surface area contributed by atoms with Crippen molar-refractivity contribution in [3.8, 4) is 0 Å². The van der Waals surface area contributed by atoms with E-state index in [1.165, 1.54) is 0 Å². The first-order valence-corrected chi connectivity index (χ1v) is 5.76. The maximum atomic E-state index is 6.04. The maximum absolute atomic E-state index is 6.04. The summed E-state index contributed by atoms with van der Waals surface area (Å²) in [5.41, 5.74) is 0.866. The molecule has 88 valence electrons. The van der Waals surface area contributed by atoms with Gasteiger partial charge < -0.3 is 10.1 Å². The van der Waals surface area contributed by atoms with Gasteiger partial charge in [0.1, 0.15) is 0 Å². The normalized spacial score (nSPS) is 26.6. The van der Waals surface area contributed by atoms with Crippen LogP contribution in [0.2, 0.25) is 0 Å².